The molecule has 1 saturated heterocycles. The third-order valence-corrected chi connectivity index (χ3v) is 6.34. The van der Waals surface area contributed by atoms with Crippen molar-refractivity contribution in [2.45, 2.75) is 24.9 Å². The number of pyridine rings is 2. The van der Waals surface area contributed by atoms with E-state index in [4.69, 9.17) is 11.1 Å². The summed E-state index contributed by atoms with van der Waals surface area (Å²) in [4.78, 5) is 29.7. The SMILES string of the molecule is C=N.CC(C)N=C(N)c1cccc(N2CCN(c3cccc(-c4ccc(S(C)(O)O)nc4)c3)C2=O)n1. The number of aromatic nitrogens is 2. The number of hydrogen-bond acceptors (Lipinski definition) is 7. The lowest BCUT2D eigenvalue weighted by molar-refractivity contribution is 0.255. The second-order valence-corrected chi connectivity index (χ2v) is 10.4. The minimum atomic E-state index is -2.87. The number of urea groups is 1. The Labute approximate surface area is 212 Å². The van der Waals surface area contributed by atoms with E-state index in [1.54, 1.807) is 40.3 Å². The number of nitrogens with one attached hydrogen (secondary N) is 1. The van der Waals surface area contributed by atoms with Crippen LogP contribution in [0, 0.1) is 5.41 Å². The van der Waals surface area contributed by atoms with Crippen LogP contribution in [0.15, 0.2) is 70.8 Å². The van der Waals surface area contributed by atoms with Crippen LogP contribution in [0.5, 0.6) is 0 Å². The molecule has 0 atom stereocenters. The molecule has 1 aliphatic heterocycles. The van der Waals surface area contributed by atoms with E-state index in [9.17, 15) is 13.9 Å². The molecule has 0 aliphatic carbocycles. The van der Waals surface area contributed by atoms with Gasteiger partial charge in [-0.2, -0.15) is 10.6 Å². The van der Waals surface area contributed by atoms with Crippen molar-refractivity contribution in [2.75, 3.05) is 29.1 Å². The molecule has 0 radical (unpaired) electrons. The van der Waals surface area contributed by atoms with Crippen LogP contribution in [0.4, 0.5) is 16.3 Å². The number of aliphatic imine (C=N–C) groups is 1. The number of amidine groups is 1. The zero-order valence-corrected chi connectivity index (χ0v) is 21.3. The molecule has 190 valence electrons. The van der Waals surface area contributed by atoms with E-state index in [0.717, 1.165) is 16.8 Å². The molecular formula is C25H31N7O3S. The topological polar surface area (TPSA) is 152 Å². The van der Waals surface area contributed by atoms with Gasteiger partial charge in [0.15, 0.2) is 0 Å². The molecule has 36 heavy (non-hydrogen) atoms. The molecule has 0 saturated carbocycles. The zero-order valence-electron chi connectivity index (χ0n) is 20.5. The van der Waals surface area contributed by atoms with Gasteiger partial charge >= 0.3 is 6.03 Å². The monoisotopic (exact) mass is 509 g/mol. The molecule has 5 N–H and O–H groups in total. The summed E-state index contributed by atoms with van der Waals surface area (Å²) in [5, 5.41) is 5.74. The van der Waals surface area contributed by atoms with Gasteiger partial charge in [0.2, 0.25) is 0 Å². The second kappa shape index (κ2) is 11.3. The van der Waals surface area contributed by atoms with E-state index in [0.29, 0.717) is 30.4 Å². The van der Waals surface area contributed by atoms with E-state index >= 15 is 0 Å². The van der Waals surface area contributed by atoms with Gasteiger partial charge in [-0.25, -0.2) is 14.8 Å². The molecule has 10 nitrogen and oxygen atoms in total. The molecule has 0 spiro atoms. The Hall–Kier alpha value is -3.80. The van der Waals surface area contributed by atoms with E-state index in [1.807, 2.05) is 44.2 Å². The molecule has 2 amide bonds. The fourth-order valence-electron chi connectivity index (χ4n) is 3.68. The quantitative estimate of drug-likeness (QED) is 0.279. The molecule has 1 aliphatic rings. The number of amides is 2. The summed E-state index contributed by atoms with van der Waals surface area (Å²) < 4.78 is 19.6. The van der Waals surface area contributed by atoms with Crippen LogP contribution >= 0.6 is 10.6 Å². The first-order valence-electron chi connectivity index (χ1n) is 11.2. The minimum absolute atomic E-state index is 0.0473. The Kier molecular flexibility index (Phi) is 8.41. The van der Waals surface area contributed by atoms with E-state index in [2.05, 4.69) is 21.7 Å². The van der Waals surface area contributed by atoms with Gasteiger partial charge in [-0.1, -0.05) is 18.2 Å². The lowest BCUT2D eigenvalue weighted by atomic mass is 10.1. The number of nitrogens with zero attached hydrogens (tertiary/aromatic N) is 5. The highest BCUT2D eigenvalue weighted by molar-refractivity contribution is 8.23. The van der Waals surface area contributed by atoms with Gasteiger partial charge in [0, 0.05) is 42.8 Å². The molecule has 3 heterocycles. The Balaban J connectivity index is 0.00000176. The third kappa shape index (κ3) is 6.06. The Morgan fingerprint density at radius 2 is 1.78 bits per heavy atom. The molecular weight excluding hydrogens is 478 g/mol. The Bertz CT molecular complexity index is 1240. The standard InChI is InChI=1S/C24H28N6O3S.CH3N/c1-16(2)27-23(25)20-8-5-9-21(28-20)30-13-12-29(24(30)31)19-7-4-6-17(14-19)18-10-11-22(26-15-18)34(3,32)33;1-2/h4-11,14-16,32-33H,12-13H2,1-3H3,(H2,25,27);2H,1H2. The highest BCUT2D eigenvalue weighted by atomic mass is 32.3. The highest BCUT2D eigenvalue weighted by Gasteiger charge is 2.31. The molecule has 0 bridgehead atoms. The van der Waals surface area contributed by atoms with Gasteiger partial charge in [0.25, 0.3) is 0 Å². The molecule has 1 fully saturated rings. The smallest absolute Gasteiger partial charge is 0.330 e. The number of carbonyl (C=O) groups is 1. The normalized spacial score (nSPS) is 14.6. The van der Waals surface area contributed by atoms with Crippen LogP contribution in [0.1, 0.15) is 19.5 Å². The first-order valence-corrected chi connectivity index (χ1v) is 13.1. The predicted molar refractivity (Wildman–Crippen MR) is 147 cm³/mol. The van der Waals surface area contributed by atoms with Crippen molar-refractivity contribution in [3.8, 4) is 11.1 Å². The molecule has 2 aromatic heterocycles. The molecule has 1 aromatic carbocycles. The summed E-state index contributed by atoms with van der Waals surface area (Å²) in [5.74, 6) is 0.874. The van der Waals surface area contributed by atoms with Crippen LogP contribution in [0.2, 0.25) is 0 Å². The third-order valence-electron chi connectivity index (χ3n) is 5.30. The van der Waals surface area contributed by atoms with Crippen molar-refractivity contribution in [1.82, 2.24) is 9.97 Å². The van der Waals surface area contributed by atoms with E-state index in [1.165, 1.54) is 6.26 Å². The van der Waals surface area contributed by atoms with Crippen molar-refractivity contribution < 1.29 is 13.9 Å². The summed E-state index contributed by atoms with van der Waals surface area (Å²) in [7, 11) is -2.87. The van der Waals surface area contributed by atoms with Crippen molar-refractivity contribution >= 4 is 40.7 Å². The van der Waals surface area contributed by atoms with Crippen LogP contribution in [-0.2, 0) is 0 Å². The maximum atomic E-state index is 13.3. The van der Waals surface area contributed by atoms with Crippen LogP contribution in [-0.4, -0.2) is 63.0 Å². The van der Waals surface area contributed by atoms with E-state index in [-0.39, 0.29) is 17.1 Å². The molecule has 11 heteroatoms. The van der Waals surface area contributed by atoms with Crippen molar-refractivity contribution in [3.05, 3.63) is 66.5 Å². The van der Waals surface area contributed by atoms with Crippen molar-refractivity contribution in [1.29, 1.82) is 5.41 Å². The van der Waals surface area contributed by atoms with Crippen molar-refractivity contribution in [3.63, 3.8) is 0 Å². The number of nitrogens with two attached hydrogens (primary N) is 1. The van der Waals surface area contributed by atoms with Gasteiger partial charge in [-0.15, -0.1) is 0 Å². The number of benzene rings is 1. The number of rotatable bonds is 6. The number of anilines is 2. The predicted octanol–water partition coefficient (Wildman–Crippen LogP) is 4.71. The maximum absolute atomic E-state index is 13.3. The maximum Gasteiger partial charge on any atom is 0.330 e. The first kappa shape index (κ1) is 26.8. The second-order valence-electron chi connectivity index (χ2n) is 8.34. The summed E-state index contributed by atoms with van der Waals surface area (Å²) >= 11 is 0. The summed E-state index contributed by atoms with van der Waals surface area (Å²) in [6, 6.07) is 16.3. The lowest BCUT2D eigenvalue weighted by Gasteiger charge is -2.25. The summed E-state index contributed by atoms with van der Waals surface area (Å²) in [5.41, 5.74) is 9.04. The zero-order chi connectivity index (χ0) is 26.5. The minimum Gasteiger partial charge on any atom is -0.382 e. The van der Waals surface area contributed by atoms with Gasteiger partial charge < -0.3 is 11.1 Å². The van der Waals surface area contributed by atoms with Gasteiger partial charge in [0.05, 0.1) is 0 Å². The average molecular weight is 510 g/mol. The molecule has 4 rings (SSSR count). The number of hydrogen-bond donors (Lipinski definition) is 4. The van der Waals surface area contributed by atoms with Gasteiger partial charge in [0.1, 0.15) is 22.4 Å². The fraction of sp³-hybridized carbons (Fsp3) is 0.240. The lowest BCUT2D eigenvalue weighted by Crippen LogP contribution is -2.32. The van der Waals surface area contributed by atoms with Crippen LogP contribution in [0.3, 0.4) is 0 Å². The van der Waals surface area contributed by atoms with Gasteiger partial charge in [-0.3, -0.25) is 23.9 Å². The summed E-state index contributed by atoms with van der Waals surface area (Å²) in [6.45, 7) is 7.38. The summed E-state index contributed by atoms with van der Waals surface area (Å²) in [6.07, 6.45) is 2.94. The molecule has 3 aromatic rings. The number of carbonyl (C=O) groups excluding carboxylic acids is 1. The Morgan fingerprint density at radius 3 is 2.42 bits per heavy atom. The fourth-order valence-corrected chi connectivity index (χ4v) is 4.26. The van der Waals surface area contributed by atoms with Crippen LogP contribution < -0.4 is 15.5 Å². The Morgan fingerprint density at radius 1 is 1.08 bits per heavy atom. The van der Waals surface area contributed by atoms with Gasteiger partial charge in [-0.05, 0) is 62.5 Å². The van der Waals surface area contributed by atoms with Crippen LogP contribution in [0.25, 0.3) is 11.1 Å². The molecule has 0 unspecified atom stereocenters. The largest absolute Gasteiger partial charge is 0.382 e. The average Bonchev–Trinajstić information content (AvgIpc) is 3.26. The van der Waals surface area contributed by atoms with Crippen molar-refractivity contribution in [2.24, 2.45) is 10.7 Å². The van der Waals surface area contributed by atoms with E-state index < -0.39 is 10.6 Å². The highest BCUT2D eigenvalue weighted by Crippen LogP contribution is 2.42. The first-order chi connectivity index (χ1) is 17.1.